The first kappa shape index (κ1) is 35.1. The summed E-state index contributed by atoms with van der Waals surface area (Å²) >= 11 is 0. The van der Waals surface area contributed by atoms with E-state index in [-0.39, 0.29) is 11.3 Å². The third-order valence-corrected chi connectivity index (χ3v) is 8.08. The molecule has 0 unspecified atom stereocenters. The second-order valence-electron chi connectivity index (χ2n) is 11.7. The van der Waals surface area contributed by atoms with Gasteiger partial charge in [-0.2, -0.15) is 5.26 Å². The maximum Gasteiger partial charge on any atom is 0.287 e. The Morgan fingerprint density at radius 1 is 0.667 bits per heavy atom. The van der Waals surface area contributed by atoms with Crippen molar-refractivity contribution in [2.45, 2.75) is 135 Å². The average Bonchev–Trinajstić information content (AvgIpc) is 3.01. The van der Waals surface area contributed by atoms with E-state index in [0.717, 1.165) is 23.4 Å². The fraction of sp³-hybridized carbons (Fsp3) is 0.595. The molecule has 0 atom stereocenters. The van der Waals surface area contributed by atoms with Crippen LogP contribution in [0.1, 0.15) is 152 Å². The van der Waals surface area contributed by atoms with Crippen LogP contribution < -0.4 is 5.32 Å². The first-order valence-corrected chi connectivity index (χ1v) is 16.8. The number of nitro benzene ring substituents is 1. The van der Waals surface area contributed by atoms with Crippen molar-refractivity contribution in [2.24, 2.45) is 0 Å². The molecular weight excluding hydrogens is 518 g/mol. The van der Waals surface area contributed by atoms with Gasteiger partial charge in [0.05, 0.1) is 4.92 Å². The van der Waals surface area contributed by atoms with Crippen molar-refractivity contribution in [1.29, 1.82) is 5.26 Å². The van der Waals surface area contributed by atoms with Crippen molar-refractivity contribution < 1.29 is 4.92 Å². The zero-order valence-corrected chi connectivity index (χ0v) is 26.3. The molecule has 0 saturated heterocycles. The van der Waals surface area contributed by atoms with Gasteiger partial charge in [0.25, 0.3) is 5.69 Å². The molecule has 5 heteroatoms. The van der Waals surface area contributed by atoms with Gasteiger partial charge in [0.15, 0.2) is 0 Å². The van der Waals surface area contributed by atoms with Crippen molar-refractivity contribution in [2.75, 3.05) is 11.9 Å². The van der Waals surface area contributed by atoms with Gasteiger partial charge in [-0.1, -0.05) is 153 Å². The number of unbranched alkanes of at least 4 members (excludes halogenated alkanes) is 19. The van der Waals surface area contributed by atoms with E-state index in [1.807, 2.05) is 30.4 Å². The molecule has 0 spiro atoms. The first-order valence-electron chi connectivity index (χ1n) is 16.8. The number of hydrogen-bond donors (Lipinski definition) is 1. The quantitative estimate of drug-likeness (QED) is 0.0554. The highest BCUT2D eigenvalue weighted by Crippen LogP contribution is 2.21. The molecular formula is C37H55N3O2. The summed E-state index contributed by atoms with van der Waals surface area (Å²) in [5, 5.41) is 23.7. The maximum atomic E-state index is 11.0. The largest absolute Gasteiger partial charge is 0.385 e. The minimum absolute atomic E-state index is 0.0757. The number of benzene rings is 2. The van der Waals surface area contributed by atoms with Crippen LogP contribution in [0.3, 0.4) is 0 Å². The molecule has 0 amide bonds. The molecule has 2 rings (SSSR count). The summed E-state index contributed by atoms with van der Waals surface area (Å²) < 4.78 is 0. The number of nitrogens with one attached hydrogen (secondary N) is 1. The van der Waals surface area contributed by atoms with Gasteiger partial charge in [-0.3, -0.25) is 10.1 Å². The van der Waals surface area contributed by atoms with Crippen LogP contribution in [0.25, 0.3) is 12.2 Å². The molecule has 0 bridgehead atoms. The molecule has 230 valence electrons. The molecule has 0 saturated carbocycles. The average molecular weight is 574 g/mol. The normalized spacial score (nSPS) is 11.1. The van der Waals surface area contributed by atoms with Crippen molar-refractivity contribution in [3.63, 3.8) is 0 Å². The predicted molar refractivity (Wildman–Crippen MR) is 180 cm³/mol. The van der Waals surface area contributed by atoms with Crippen LogP contribution in [0.15, 0.2) is 42.5 Å². The molecule has 2 aromatic carbocycles. The highest BCUT2D eigenvalue weighted by atomic mass is 16.6. The topological polar surface area (TPSA) is 79.0 Å². The maximum absolute atomic E-state index is 11.0. The third kappa shape index (κ3) is 16.3. The minimum Gasteiger partial charge on any atom is -0.385 e. The fourth-order valence-corrected chi connectivity index (χ4v) is 5.42. The van der Waals surface area contributed by atoms with Gasteiger partial charge in [0.1, 0.15) is 11.6 Å². The Morgan fingerprint density at radius 3 is 1.55 bits per heavy atom. The standard InChI is InChI=1S/C37H55N3O2/c1-2-3-4-5-6-7-8-9-10-11-12-13-14-15-16-17-18-19-20-21-30-39-36-27-24-33(25-28-36)22-23-34-26-29-37(40(41)42)35(31-34)32-38/h22-29,31,39H,2-21,30H2,1H3. The van der Waals surface area contributed by atoms with Gasteiger partial charge in [-0.25, -0.2) is 0 Å². The molecule has 5 nitrogen and oxygen atoms in total. The SMILES string of the molecule is CCCCCCCCCCCCCCCCCCCCCCNc1ccc(C=Cc2ccc([N+](=O)[O-])c(C#N)c2)cc1. The third-order valence-electron chi connectivity index (χ3n) is 8.08. The molecule has 42 heavy (non-hydrogen) atoms. The highest BCUT2D eigenvalue weighted by molar-refractivity contribution is 5.72. The first-order chi connectivity index (χ1) is 20.6. The zero-order chi connectivity index (χ0) is 30.1. The predicted octanol–water partition coefficient (Wildman–Crippen LogP) is 11.9. The Balaban J connectivity index is 1.40. The summed E-state index contributed by atoms with van der Waals surface area (Å²) in [6.07, 6.45) is 31.9. The molecule has 1 N–H and O–H groups in total. The van der Waals surface area contributed by atoms with Crippen molar-refractivity contribution in [1.82, 2.24) is 0 Å². The van der Waals surface area contributed by atoms with Gasteiger partial charge in [0, 0.05) is 18.3 Å². The van der Waals surface area contributed by atoms with Crippen LogP contribution in [0.2, 0.25) is 0 Å². The lowest BCUT2D eigenvalue weighted by molar-refractivity contribution is -0.385. The Hall–Kier alpha value is -3.13. The smallest absolute Gasteiger partial charge is 0.287 e. The summed E-state index contributed by atoms with van der Waals surface area (Å²) in [6.45, 7) is 3.28. The van der Waals surface area contributed by atoms with E-state index < -0.39 is 4.92 Å². The number of rotatable bonds is 25. The number of nitrogens with zero attached hydrogens (tertiary/aromatic N) is 2. The Morgan fingerprint density at radius 2 is 1.10 bits per heavy atom. The van der Waals surface area contributed by atoms with E-state index in [1.165, 1.54) is 134 Å². The van der Waals surface area contributed by atoms with Crippen LogP contribution in [-0.2, 0) is 0 Å². The Labute approximate surface area is 256 Å². The van der Waals surface area contributed by atoms with E-state index >= 15 is 0 Å². The number of anilines is 1. The molecule has 0 aliphatic heterocycles. The molecule has 0 fully saturated rings. The molecule has 0 aliphatic rings. The lowest BCUT2D eigenvalue weighted by Crippen LogP contribution is -2.01. The molecule has 0 aliphatic carbocycles. The monoisotopic (exact) mass is 573 g/mol. The Bertz CT molecular complexity index is 1060. The summed E-state index contributed by atoms with van der Waals surface area (Å²) in [5.74, 6) is 0. The van der Waals surface area contributed by atoms with Crippen molar-refractivity contribution in [3.05, 3.63) is 69.3 Å². The highest BCUT2D eigenvalue weighted by Gasteiger charge is 2.12. The van der Waals surface area contributed by atoms with Crippen molar-refractivity contribution >= 4 is 23.5 Å². The van der Waals surface area contributed by atoms with E-state index in [0.29, 0.717) is 0 Å². The van der Waals surface area contributed by atoms with Gasteiger partial charge in [-0.05, 0) is 41.8 Å². The van der Waals surface area contributed by atoms with Gasteiger partial charge in [-0.15, -0.1) is 0 Å². The summed E-state index contributed by atoms with van der Waals surface area (Å²) in [4.78, 5) is 10.5. The van der Waals surface area contributed by atoms with Crippen LogP contribution in [0.4, 0.5) is 11.4 Å². The van der Waals surface area contributed by atoms with Gasteiger partial charge < -0.3 is 5.32 Å². The summed E-state index contributed by atoms with van der Waals surface area (Å²) in [6, 6.07) is 14.7. The number of nitriles is 1. The van der Waals surface area contributed by atoms with Gasteiger partial charge in [0.2, 0.25) is 0 Å². The molecule has 0 aromatic heterocycles. The van der Waals surface area contributed by atoms with E-state index in [1.54, 1.807) is 12.1 Å². The van der Waals surface area contributed by atoms with Crippen LogP contribution in [0.5, 0.6) is 0 Å². The zero-order valence-electron chi connectivity index (χ0n) is 26.3. The Kier molecular flexibility index (Phi) is 19.6. The summed E-state index contributed by atoms with van der Waals surface area (Å²) in [7, 11) is 0. The lowest BCUT2D eigenvalue weighted by atomic mass is 10.0. The van der Waals surface area contributed by atoms with Crippen LogP contribution in [-0.4, -0.2) is 11.5 Å². The second kappa shape index (κ2) is 23.4. The minimum atomic E-state index is -0.528. The molecule has 2 aromatic rings. The number of nitro groups is 1. The van der Waals surface area contributed by atoms with Crippen LogP contribution in [0, 0.1) is 21.4 Å². The van der Waals surface area contributed by atoms with E-state index in [2.05, 4.69) is 24.4 Å². The number of hydrogen-bond acceptors (Lipinski definition) is 4. The van der Waals surface area contributed by atoms with E-state index in [9.17, 15) is 10.1 Å². The summed E-state index contributed by atoms with van der Waals surface area (Å²) in [5.41, 5.74) is 2.83. The molecule has 0 heterocycles. The van der Waals surface area contributed by atoms with E-state index in [4.69, 9.17) is 5.26 Å². The second-order valence-corrected chi connectivity index (χ2v) is 11.7. The van der Waals surface area contributed by atoms with Gasteiger partial charge >= 0.3 is 0 Å². The fourth-order valence-electron chi connectivity index (χ4n) is 5.42. The molecule has 0 radical (unpaired) electrons. The van der Waals surface area contributed by atoms with Crippen molar-refractivity contribution in [3.8, 4) is 6.07 Å². The van der Waals surface area contributed by atoms with Crippen LogP contribution >= 0.6 is 0 Å². The lowest BCUT2D eigenvalue weighted by Gasteiger charge is -2.07.